The maximum atomic E-state index is 5.49. The molecule has 6 nitrogen and oxygen atoms in total. The fourth-order valence-corrected chi connectivity index (χ4v) is 4.24. The molecule has 2 heterocycles. The number of unbranched alkanes of at least 4 members (excludes halogenated alkanes) is 1. The first-order valence-electron chi connectivity index (χ1n) is 12.2. The third kappa shape index (κ3) is 9.66. The van der Waals surface area contributed by atoms with Crippen molar-refractivity contribution in [1.82, 2.24) is 20.4 Å². The minimum absolute atomic E-state index is 0. The number of hydrogen-bond acceptors (Lipinski definition) is 4. The number of rotatable bonds is 11. The minimum Gasteiger partial charge on any atom is -0.468 e. The van der Waals surface area contributed by atoms with Crippen molar-refractivity contribution >= 4 is 29.9 Å². The highest BCUT2D eigenvalue weighted by molar-refractivity contribution is 14.0. The lowest BCUT2D eigenvalue weighted by Crippen LogP contribution is -2.48. The molecule has 0 amide bonds. The van der Waals surface area contributed by atoms with E-state index in [2.05, 4.69) is 65.6 Å². The van der Waals surface area contributed by atoms with E-state index in [9.17, 15) is 0 Å². The summed E-state index contributed by atoms with van der Waals surface area (Å²) in [6.45, 7) is 11.2. The van der Waals surface area contributed by atoms with Gasteiger partial charge in [-0.2, -0.15) is 0 Å². The van der Waals surface area contributed by atoms with Crippen LogP contribution in [0.25, 0.3) is 0 Å². The number of guanidine groups is 1. The molecule has 33 heavy (non-hydrogen) atoms. The summed E-state index contributed by atoms with van der Waals surface area (Å²) in [4.78, 5) is 9.81. The predicted molar refractivity (Wildman–Crippen MR) is 148 cm³/mol. The summed E-state index contributed by atoms with van der Waals surface area (Å²) >= 11 is 0. The zero-order valence-corrected chi connectivity index (χ0v) is 22.9. The Morgan fingerprint density at radius 1 is 1.09 bits per heavy atom. The molecular formula is C26H42IN5O. The zero-order chi connectivity index (χ0) is 22.6. The summed E-state index contributed by atoms with van der Waals surface area (Å²) in [5, 5.41) is 7.12. The normalized spacial score (nSPS) is 15.5. The SMILES string of the molecule is CCCCN1CCC(NC(=NCc2ccccc2CN(C)Cc2ccco2)NCC)CC1.I. The summed E-state index contributed by atoms with van der Waals surface area (Å²) in [6.07, 6.45) is 6.68. The van der Waals surface area contributed by atoms with Crippen molar-refractivity contribution in [2.75, 3.05) is 33.2 Å². The number of aliphatic imine (C=N–C) groups is 1. The van der Waals surface area contributed by atoms with Crippen molar-refractivity contribution in [3.05, 3.63) is 59.5 Å². The van der Waals surface area contributed by atoms with Crippen molar-refractivity contribution in [2.24, 2.45) is 4.99 Å². The van der Waals surface area contributed by atoms with Gasteiger partial charge in [-0.25, -0.2) is 4.99 Å². The second-order valence-corrected chi connectivity index (χ2v) is 8.83. The Kier molecular flexibility index (Phi) is 12.9. The number of nitrogens with one attached hydrogen (secondary N) is 2. The molecule has 0 atom stereocenters. The Morgan fingerprint density at radius 2 is 1.85 bits per heavy atom. The van der Waals surface area contributed by atoms with Gasteiger partial charge in [0.2, 0.25) is 0 Å². The number of piperidine rings is 1. The second-order valence-electron chi connectivity index (χ2n) is 8.83. The van der Waals surface area contributed by atoms with Gasteiger partial charge in [0.05, 0.1) is 19.4 Å². The monoisotopic (exact) mass is 567 g/mol. The average Bonchev–Trinajstić information content (AvgIpc) is 3.31. The molecule has 0 unspecified atom stereocenters. The minimum atomic E-state index is 0. The van der Waals surface area contributed by atoms with Crippen LogP contribution in [0.15, 0.2) is 52.1 Å². The van der Waals surface area contributed by atoms with Gasteiger partial charge in [-0.3, -0.25) is 4.90 Å². The molecular weight excluding hydrogens is 525 g/mol. The van der Waals surface area contributed by atoms with E-state index in [1.54, 1.807) is 6.26 Å². The van der Waals surface area contributed by atoms with Crippen LogP contribution in [0.1, 0.15) is 56.4 Å². The molecule has 184 valence electrons. The highest BCUT2D eigenvalue weighted by Gasteiger charge is 2.19. The van der Waals surface area contributed by atoms with Gasteiger partial charge in [-0.05, 0) is 63.0 Å². The molecule has 0 aliphatic carbocycles. The fourth-order valence-electron chi connectivity index (χ4n) is 4.24. The molecule has 1 aromatic heterocycles. The van der Waals surface area contributed by atoms with Gasteiger partial charge in [0.15, 0.2) is 5.96 Å². The van der Waals surface area contributed by atoms with Crippen LogP contribution in [0.4, 0.5) is 0 Å². The number of hydrogen-bond donors (Lipinski definition) is 2. The van der Waals surface area contributed by atoms with E-state index in [0.717, 1.165) is 31.4 Å². The van der Waals surface area contributed by atoms with E-state index in [0.29, 0.717) is 12.6 Å². The largest absolute Gasteiger partial charge is 0.468 e. The Balaban J connectivity index is 0.00000385. The molecule has 2 N–H and O–H groups in total. The molecule has 0 radical (unpaired) electrons. The Labute approximate surface area is 217 Å². The van der Waals surface area contributed by atoms with Crippen LogP contribution in [0.3, 0.4) is 0 Å². The standard InChI is InChI=1S/C26H41N5O.HI/c1-4-6-15-31-16-13-24(14-17-31)29-26(27-5-2)28-19-22-10-7-8-11-23(22)20-30(3)21-25-12-9-18-32-25;/h7-12,18,24H,4-6,13-17,19-21H2,1-3H3,(H2,27,28,29);1H. The van der Waals surface area contributed by atoms with Gasteiger partial charge in [0.25, 0.3) is 0 Å². The number of likely N-dealkylation sites (tertiary alicyclic amines) is 1. The van der Waals surface area contributed by atoms with Crippen LogP contribution in [0.5, 0.6) is 0 Å². The van der Waals surface area contributed by atoms with E-state index >= 15 is 0 Å². The van der Waals surface area contributed by atoms with Crippen LogP contribution in [0.2, 0.25) is 0 Å². The summed E-state index contributed by atoms with van der Waals surface area (Å²) < 4.78 is 5.49. The Morgan fingerprint density at radius 3 is 2.52 bits per heavy atom. The van der Waals surface area contributed by atoms with Gasteiger partial charge in [-0.1, -0.05) is 37.6 Å². The molecule has 1 aliphatic heterocycles. The van der Waals surface area contributed by atoms with Gasteiger partial charge in [0, 0.05) is 32.2 Å². The third-order valence-electron chi connectivity index (χ3n) is 6.07. The molecule has 1 fully saturated rings. The summed E-state index contributed by atoms with van der Waals surface area (Å²) in [7, 11) is 2.13. The topological polar surface area (TPSA) is 56.0 Å². The van der Waals surface area contributed by atoms with Crippen LogP contribution in [-0.4, -0.2) is 55.0 Å². The molecule has 3 rings (SSSR count). The smallest absolute Gasteiger partial charge is 0.191 e. The molecule has 2 aromatic rings. The predicted octanol–water partition coefficient (Wildman–Crippen LogP) is 4.85. The van der Waals surface area contributed by atoms with E-state index in [-0.39, 0.29) is 24.0 Å². The van der Waals surface area contributed by atoms with E-state index in [4.69, 9.17) is 9.41 Å². The van der Waals surface area contributed by atoms with E-state index in [1.807, 2.05) is 12.1 Å². The van der Waals surface area contributed by atoms with Gasteiger partial charge < -0.3 is 20.0 Å². The van der Waals surface area contributed by atoms with Crippen molar-refractivity contribution in [3.63, 3.8) is 0 Å². The maximum absolute atomic E-state index is 5.49. The number of benzene rings is 1. The van der Waals surface area contributed by atoms with E-state index < -0.39 is 0 Å². The highest BCUT2D eigenvalue weighted by atomic mass is 127. The number of furan rings is 1. The molecule has 0 spiro atoms. The molecule has 1 aromatic carbocycles. The van der Waals surface area contributed by atoms with Gasteiger partial charge in [-0.15, -0.1) is 24.0 Å². The lowest BCUT2D eigenvalue weighted by Gasteiger charge is -2.33. The molecule has 0 saturated carbocycles. The van der Waals surface area contributed by atoms with Crippen molar-refractivity contribution in [1.29, 1.82) is 0 Å². The van der Waals surface area contributed by atoms with Crippen LogP contribution in [0, 0.1) is 0 Å². The maximum Gasteiger partial charge on any atom is 0.191 e. The summed E-state index contributed by atoms with van der Waals surface area (Å²) in [5.74, 6) is 1.92. The second kappa shape index (κ2) is 15.3. The lowest BCUT2D eigenvalue weighted by atomic mass is 10.0. The first-order valence-corrected chi connectivity index (χ1v) is 12.2. The molecule has 1 aliphatic rings. The highest BCUT2D eigenvalue weighted by Crippen LogP contribution is 2.15. The van der Waals surface area contributed by atoms with Crippen molar-refractivity contribution in [3.8, 4) is 0 Å². The molecule has 7 heteroatoms. The number of halogens is 1. The molecule has 0 bridgehead atoms. The zero-order valence-electron chi connectivity index (χ0n) is 20.6. The Bertz CT molecular complexity index is 803. The third-order valence-corrected chi connectivity index (χ3v) is 6.07. The van der Waals surface area contributed by atoms with Gasteiger partial charge in [0.1, 0.15) is 5.76 Å². The average molecular weight is 568 g/mol. The van der Waals surface area contributed by atoms with Crippen molar-refractivity contribution < 1.29 is 4.42 Å². The van der Waals surface area contributed by atoms with Crippen LogP contribution >= 0.6 is 24.0 Å². The quantitative estimate of drug-likeness (QED) is 0.231. The Hall–Kier alpha value is -1.58. The van der Waals surface area contributed by atoms with Crippen LogP contribution < -0.4 is 10.6 Å². The first kappa shape index (κ1) is 27.7. The number of nitrogens with zero attached hydrogens (tertiary/aromatic N) is 3. The first-order chi connectivity index (χ1) is 15.7. The lowest BCUT2D eigenvalue weighted by molar-refractivity contribution is 0.203. The van der Waals surface area contributed by atoms with Gasteiger partial charge >= 0.3 is 0 Å². The van der Waals surface area contributed by atoms with Crippen LogP contribution in [-0.2, 0) is 19.6 Å². The summed E-state index contributed by atoms with van der Waals surface area (Å²) in [6, 6.07) is 13.1. The van der Waals surface area contributed by atoms with E-state index in [1.165, 1.54) is 56.4 Å². The molecule has 1 saturated heterocycles. The fraction of sp³-hybridized carbons (Fsp3) is 0.577. The summed E-state index contributed by atoms with van der Waals surface area (Å²) in [5.41, 5.74) is 2.58. The van der Waals surface area contributed by atoms with Crippen molar-refractivity contribution in [2.45, 2.75) is 65.2 Å².